The molecule has 0 aromatic rings. The SMILES string of the molecule is CCC1CCC(C)C2CC2C1. The molecule has 0 aromatic carbocycles. The van der Waals surface area contributed by atoms with Crippen molar-refractivity contribution in [3.63, 3.8) is 0 Å². The Kier molecular flexibility index (Phi) is 1.95. The van der Waals surface area contributed by atoms with Crippen LogP contribution in [-0.2, 0) is 0 Å². The summed E-state index contributed by atoms with van der Waals surface area (Å²) in [7, 11) is 0. The lowest BCUT2D eigenvalue weighted by atomic mass is 9.94. The van der Waals surface area contributed by atoms with Crippen molar-refractivity contribution in [2.75, 3.05) is 0 Å². The molecule has 2 aliphatic carbocycles. The Morgan fingerprint density at radius 3 is 2.73 bits per heavy atom. The molecule has 0 saturated heterocycles. The number of rotatable bonds is 1. The molecule has 0 nitrogen and oxygen atoms in total. The molecular weight excluding hydrogens is 132 g/mol. The topological polar surface area (TPSA) is 0 Å². The number of fused-ring (bicyclic) bond motifs is 1. The fourth-order valence-corrected chi connectivity index (χ4v) is 2.87. The van der Waals surface area contributed by atoms with Crippen molar-refractivity contribution in [3.05, 3.63) is 0 Å². The Labute approximate surface area is 70.4 Å². The first kappa shape index (κ1) is 7.64. The summed E-state index contributed by atoms with van der Waals surface area (Å²) < 4.78 is 0. The first-order chi connectivity index (χ1) is 5.31. The molecule has 2 aliphatic rings. The summed E-state index contributed by atoms with van der Waals surface area (Å²) in [5, 5.41) is 0. The molecule has 0 amide bonds. The maximum Gasteiger partial charge on any atom is -0.0357 e. The van der Waals surface area contributed by atoms with Crippen LogP contribution in [0.25, 0.3) is 0 Å². The highest BCUT2D eigenvalue weighted by molar-refractivity contribution is 4.93. The van der Waals surface area contributed by atoms with Gasteiger partial charge in [-0.05, 0) is 36.5 Å². The van der Waals surface area contributed by atoms with Crippen LogP contribution < -0.4 is 0 Å². The minimum Gasteiger partial charge on any atom is -0.0651 e. The van der Waals surface area contributed by atoms with E-state index in [0.717, 1.165) is 23.7 Å². The van der Waals surface area contributed by atoms with Crippen LogP contribution in [-0.4, -0.2) is 0 Å². The maximum absolute atomic E-state index is 2.46. The van der Waals surface area contributed by atoms with Gasteiger partial charge < -0.3 is 0 Å². The van der Waals surface area contributed by atoms with Crippen molar-refractivity contribution in [2.24, 2.45) is 23.7 Å². The summed E-state index contributed by atoms with van der Waals surface area (Å²) >= 11 is 0. The van der Waals surface area contributed by atoms with Crippen molar-refractivity contribution in [1.29, 1.82) is 0 Å². The molecule has 4 atom stereocenters. The fraction of sp³-hybridized carbons (Fsp3) is 1.00. The standard InChI is InChI=1S/C11H20/c1-3-9-5-4-8(2)11-7-10(11)6-9/h8-11H,3-7H2,1-2H3. The van der Waals surface area contributed by atoms with Crippen molar-refractivity contribution >= 4 is 0 Å². The van der Waals surface area contributed by atoms with Crippen molar-refractivity contribution in [3.8, 4) is 0 Å². The predicted molar refractivity (Wildman–Crippen MR) is 48.4 cm³/mol. The highest BCUT2D eigenvalue weighted by Gasteiger charge is 2.43. The van der Waals surface area contributed by atoms with Crippen LogP contribution >= 0.6 is 0 Å². The predicted octanol–water partition coefficient (Wildman–Crippen LogP) is 3.47. The van der Waals surface area contributed by atoms with Crippen molar-refractivity contribution in [1.82, 2.24) is 0 Å². The van der Waals surface area contributed by atoms with Crippen molar-refractivity contribution < 1.29 is 0 Å². The molecule has 0 radical (unpaired) electrons. The smallest absolute Gasteiger partial charge is 0.0357 e. The molecule has 0 aromatic heterocycles. The lowest BCUT2D eigenvalue weighted by molar-refractivity contribution is 0.402. The van der Waals surface area contributed by atoms with E-state index in [9.17, 15) is 0 Å². The summed E-state index contributed by atoms with van der Waals surface area (Å²) in [5.74, 6) is 4.43. The molecule has 0 N–H and O–H groups in total. The van der Waals surface area contributed by atoms with Crippen LogP contribution in [0.15, 0.2) is 0 Å². The van der Waals surface area contributed by atoms with E-state index < -0.39 is 0 Å². The third kappa shape index (κ3) is 1.45. The molecule has 0 heteroatoms. The van der Waals surface area contributed by atoms with Gasteiger partial charge in [0.25, 0.3) is 0 Å². The molecule has 2 saturated carbocycles. The minimum absolute atomic E-state index is 1.05. The second kappa shape index (κ2) is 2.80. The van der Waals surface area contributed by atoms with Gasteiger partial charge in [-0.2, -0.15) is 0 Å². The normalized spacial score (nSPS) is 49.6. The third-order valence-electron chi connectivity index (χ3n) is 3.95. The van der Waals surface area contributed by atoms with E-state index >= 15 is 0 Å². The zero-order valence-corrected chi connectivity index (χ0v) is 7.84. The fourth-order valence-electron chi connectivity index (χ4n) is 2.87. The van der Waals surface area contributed by atoms with E-state index in [2.05, 4.69) is 13.8 Å². The zero-order valence-electron chi connectivity index (χ0n) is 7.84. The molecule has 64 valence electrons. The summed E-state index contributed by atoms with van der Waals surface area (Å²) in [4.78, 5) is 0. The zero-order chi connectivity index (χ0) is 7.84. The first-order valence-electron chi connectivity index (χ1n) is 5.31. The average Bonchev–Trinajstić information content (AvgIpc) is 2.74. The third-order valence-corrected chi connectivity index (χ3v) is 3.95. The molecule has 0 spiro atoms. The highest BCUT2D eigenvalue weighted by Crippen LogP contribution is 2.52. The lowest BCUT2D eigenvalue weighted by Gasteiger charge is -2.12. The van der Waals surface area contributed by atoms with Crippen molar-refractivity contribution in [2.45, 2.75) is 46.0 Å². The van der Waals surface area contributed by atoms with Crippen LogP contribution in [0.5, 0.6) is 0 Å². The van der Waals surface area contributed by atoms with Gasteiger partial charge in [0.05, 0.1) is 0 Å². The van der Waals surface area contributed by atoms with E-state index in [1.165, 1.54) is 19.3 Å². The second-order valence-electron chi connectivity index (χ2n) is 4.72. The van der Waals surface area contributed by atoms with Crippen LogP contribution in [0.3, 0.4) is 0 Å². The summed E-state index contributed by atoms with van der Waals surface area (Å²) in [6.07, 6.45) is 7.59. The molecule has 0 heterocycles. The molecule has 2 rings (SSSR count). The van der Waals surface area contributed by atoms with Gasteiger partial charge >= 0.3 is 0 Å². The van der Waals surface area contributed by atoms with Gasteiger partial charge in [0.1, 0.15) is 0 Å². The Balaban J connectivity index is 1.93. The van der Waals surface area contributed by atoms with E-state index in [0.29, 0.717) is 0 Å². The minimum atomic E-state index is 1.05. The average molecular weight is 152 g/mol. The Hall–Kier alpha value is 0. The van der Waals surface area contributed by atoms with E-state index in [4.69, 9.17) is 0 Å². The second-order valence-corrected chi connectivity index (χ2v) is 4.72. The molecule has 2 fully saturated rings. The van der Waals surface area contributed by atoms with Gasteiger partial charge in [-0.25, -0.2) is 0 Å². The quantitative estimate of drug-likeness (QED) is 0.539. The first-order valence-corrected chi connectivity index (χ1v) is 5.31. The molecule has 0 bridgehead atoms. The van der Waals surface area contributed by atoms with Crippen LogP contribution in [0, 0.1) is 23.7 Å². The van der Waals surface area contributed by atoms with Gasteiger partial charge in [0.2, 0.25) is 0 Å². The van der Waals surface area contributed by atoms with E-state index in [1.807, 2.05) is 0 Å². The molecule has 0 aliphatic heterocycles. The monoisotopic (exact) mass is 152 g/mol. The summed E-state index contributed by atoms with van der Waals surface area (Å²) in [5.41, 5.74) is 0. The van der Waals surface area contributed by atoms with E-state index in [1.54, 1.807) is 12.8 Å². The summed E-state index contributed by atoms with van der Waals surface area (Å²) in [6.45, 7) is 4.82. The molecule has 11 heavy (non-hydrogen) atoms. The Morgan fingerprint density at radius 2 is 2.00 bits per heavy atom. The van der Waals surface area contributed by atoms with Gasteiger partial charge in [0, 0.05) is 0 Å². The Morgan fingerprint density at radius 1 is 1.18 bits per heavy atom. The number of hydrogen-bond acceptors (Lipinski definition) is 0. The van der Waals surface area contributed by atoms with E-state index in [-0.39, 0.29) is 0 Å². The van der Waals surface area contributed by atoms with Crippen LogP contribution in [0.1, 0.15) is 46.0 Å². The largest absolute Gasteiger partial charge is 0.0651 e. The van der Waals surface area contributed by atoms with Crippen LogP contribution in [0.4, 0.5) is 0 Å². The van der Waals surface area contributed by atoms with Gasteiger partial charge in [-0.15, -0.1) is 0 Å². The Bertz CT molecular complexity index is 139. The lowest BCUT2D eigenvalue weighted by Crippen LogP contribution is -1.99. The highest BCUT2D eigenvalue weighted by atomic mass is 14.5. The molecular formula is C11H20. The van der Waals surface area contributed by atoms with Gasteiger partial charge in [0.15, 0.2) is 0 Å². The maximum atomic E-state index is 2.46. The van der Waals surface area contributed by atoms with Gasteiger partial charge in [-0.3, -0.25) is 0 Å². The van der Waals surface area contributed by atoms with Gasteiger partial charge in [-0.1, -0.05) is 33.1 Å². The molecule has 4 unspecified atom stereocenters. The number of hydrogen-bond donors (Lipinski definition) is 0. The summed E-state index contributed by atoms with van der Waals surface area (Å²) in [6, 6.07) is 0. The van der Waals surface area contributed by atoms with Crippen LogP contribution in [0.2, 0.25) is 0 Å².